The van der Waals surface area contributed by atoms with Crippen molar-refractivity contribution in [3.8, 4) is 6.07 Å². The first-order valence-corrected chi connectivity index (χ1v) is 6.07. The van der Waals surface area contributed by atoms with Crippen LogP contribution in [-0.4, -0.2) is 27.2 Å². The highest BCUT2D eigenvalue weighted by molar-refractivity contribution is 7.89. The zero-order chi connectivity index (χ0) is 12.2. The smallest absolute Gasteiger partial charge is 0.240 e. The van der Waals surface area contributed by atoms with Gasteiger partial charge in [0.25, 0.3) is 0 Å². The molecule has 1 unspecified atom stereocenters. The summed E-state index contributed by atoms with van der Waals surface area (Å²) in [6.45, 7) is -0.283. The first-order valence-electron chi connectivity index (χ1n) is 4.59. The van der Waals surface area contributed by atoms with Crippen LogP contribution in [0.5, 0.6) is 0 Å². The second kappa shape index (κ2) is 5.07. The first kappa shape index (κ1) is 12.6. The van der Waals surface area contributed by atoms with Gasteiger partial charge in [-0.15, -0.1) is 0 Å². The van der Waals surface area contributed by atoms with Crippen molar-refractivity contribution >= 4 is 10.0 Å². The maximum absolute atomic E-state index is 11.4. The molecule has 16 heavy (non-hydrogen) atoms. The number of nitriles is 1. The van der Waals surface area contributed by atoms with Gasteiger partial charge in [0.2, 0.25) is 10.0 Å². The summed E-state index contributed by atoms with van der Waals surface area (Å²) < 4.78 is 25.0. The van der Waals surface area contributed by atoms with Crippen LogP contribution >= 0.6 is 0 Å². The van der Waals surface area contributed by atoms with Crippen LogP contribution in [0.15, 0.2) is 29.2 Å². The van der Waals surface area contributed by atoms with Gasteiger partial charge in [0.05, 0.1) is 23.5 Å². The fourth-order valence-corrected chi connectivity index (χ4v) is 1.95. The average molecular weight is 240 g/mol. The van der Waals surface area contributed by atoms with Gasteiger partial charge in [0.15, 0.2) is 0 Å². The Balaban J connectivity index is 3.06. The molecule has 1 aromatic rings. The highest BCUT2D eigenvalue weighted by Gasteiger charge is 2.13. The van der Waals surface area contributed by atoms with Crippen LogP contribution in [0.4, 0.5) is 0 Å². The Morgan fingerprint density at radius 3 is 2.38 bits per heavy atom. The van der Waals surface area contributed by atoms with Crippen molar-refractivity contribution in [1.29, 1.82) is 5.26 Å². The highest BCUT2D eigenvalue weighted by atomic mass is 32.2. The second-order valence-electron chi connectivity index (χ2n) is 3.14. The number of aliphatic hydroxyl groups excluding tert-OH is 1. The van der Waals surface area contributed by atoms with E-state index in [1.165, 1.54) is 31.3 Å². The summed E-state index contributed by atoms with van der Waals surface area (Å²) in [5, 5.41) is 17.6. The second-order valence-corrected chi connectivity index (χ2v) is 5.03. The third-order valence-corrected chi connectivity index (χ3v) is 3.63. The summed E-state index contributed by atoms with van der Waals surface area (Å²) in [4.78, 5) is 0.133. The molecular weight excluding hydrogens is 228 g/mol. The van der Waals surface area contributed by atoms with Crippen molar-refractivity contribution < 1.29 is 13.5 Å². The van der Waals surface area contributed by atoms with Crippen LogP contribution in [0.1, 0.15) is 11.5 Å². The van der Waals surface area contributed by atoms with Gasteiger partial charge in [-0.2, -0.15) is 5.26 Å². The van der Waals surface area contributed by atoms with Crippen molar-refractivity contribution in [3.05, 3.63) is 29.8 Å². The molecule has 0 bridgehead atoms. The number of aliphatic hydroxyl groups is 1. The SMILES string of the molecule is CNS(=O)(=O)c1ccc(C(C#N)CO)cc1. The van der Waals surface area contributed by atoms with Gasteiger partial charge in [0.1, 0.15) is 0 Å². The molecule has 0 fully saturated rings. The van der Waals surface area contributed by atoms with Crippen LogP contribution in [-0.2, 0) is 10.0 Å². The lowest BCUT2D eigenvalue weighted by atomic mass is 10.0. The molecule has 0 spiro atoms. The fourth-order valence-electron chi connectivity index (χ4n) is 1.22. The minimum absolute atomic E-state index is 0.133. The molecule has 0 saturated carbocycles. The molecule has 1 aromatic carbocycles. The van der Waals surface area contributed by atoms with Gasteiger partial charge in [-0.1, -0.05) is 12.1 Å². The number of sulfonamides is 1. The number of rotatable bonds is 4. The van der Waals surface area contributed by atoms with Gasteiger partial charge in [0, 0.05) is 0 Å². The largest absolute Gasteiger partial charge is 0.395 e. The molecule has 0 heterocycles. The third-order valence-electron chi connectivity index (χ3n) is 2.20. The summed E-state index contributed by atoms with van der Waals surface area (Å²) >= 11 is 0. The van der Waals surface area contributed by atoms with Gasteiger partial charge in [-0.25, -0.2) is 13.1 Å². The van der Waals surface area contributed by atoms with E-state index < -0.39 is 15.9 Å². The van der Waals surface area contributed by atoms with Gasteiger partial charge in [-0.3, -0.25) is 0 Å². The zero-order valence-electron chi connectivity index (χ0n) is 8.71. The highest BCUT2D eigenvalue weighted by Crippen LogP contribution is 2.17. The Labute approximate surface area is 94.4 Å². The summed E-state index contributed by atoms with van der Waals surface area (Å²) in [7, 11) is -2.12. The molecule has 0 aliphatic heterocycles. The van der Waals surface area contributed by atoms with Crippen molar-refractivity contribution in [2.24, 2.45) is 0 Å². The predicted octanol–water partition coefficient (Wildman–Crippen LogP) is 0.194. The molecule has 0 aliphatic carbocycles. The first-order chi connectivity index (χ1) is 7.55. The van der Waals surface area contributed by atoms with Crippen molar-refractivity contribution in [1.82, 2.24) is 4.72 Å². The minimum Gasteiger partial charge on any atom is -0.395 e. The van der Waals surface area contributed by atoms with Crippen molar-refractivity contribution in [2.45, 2.75) is 10.8 Å². The van der Waals surface area contributed by atoms with Gasteiger partial charge < -0.3 is 5.11 Å². The molecule has 0 aromatic heterocycles. The average Bonchev–Trinajstić information content (AvgIpc) is 2.31. The van der Waals surface area contributed by atoms with E-state index >= 15 is 0 Å². The molecule has 2 N–H and O–H groups in total. The zero-order valence-corrected chi connectivity index (χ0v) is 9.53. The third kappa shape index (κ3) is 2.58. The quantitative estimate of drug-likeness (QED) is 0.786. The molecular formula is C10H12N2O3S. The fraction of sp³-hybridized carbons (Fsp3) is 0.300. The van der Waals surface area contributed by atoms with Crippen molar-refractivity contribution in [2.75, 3.05) is 13.7 Å². The summed E-state index contributed by atoms with van der Waals surface area (Å²) in [6, 6.07) is 7.78. The van der Waals surface area contributed by atoms with E-state index in [1.54, 1.807) is 0 Å². The van der Waals surface area contributed by atoms with Crippen LogP contribution in [0.25, 0.3) is 0 Å². The molecule has 0 aliphatic rings. The number of hydrogen-bond acceptors (Lipinski definition) is 4. The molecule has 86 valence electrons. The Hall–Kier alpha value is -1.42. The monoisotopic (exact) mass is 240 g/mol. The number of nitrogens with one attached hydrogen (secondary N) is 1. The molecule has 0 amide bonds. The van der Waals surface area contributed by atoms with Crippen molar-refractivity contribution in [3.63, 3.8) is 0 Å². The predicted molar refractivity (Wildman–Crippen MR) is 58.1 cm³/mol. The van der Waals surface area contributed by atoms with Crippen LogP contribution in [0, 0.1) is 11.3 Å². The van der Waals surface area contributed by atoms with Gasteiger partial charge in [-0.05, 0) is 24.7 Å². The van der Waals surface area contributed by atoms with Gasteiger partial charge >= 0.3 is 0 Å². The van der Waals surface area contributed by atoms with E-state index in [4.69, 9.17) is 10.4 Å². The van der Waals surface area contributed by atoms with E-state index in [2.05, 4.69) is 4.72 Å². The topological polar surface area (TPSA) is 90.2 Å². The summed E-state index contributed by atoms with van der Waals surface area (Å²) in [5.41, 5.74) is 0.597. The molecule has 6 heteroatoms. The number of benzene rings is 1. The van der Waals surface area contributed by atoms with Crippen LogP contribution in [0.2, 0.25) is 0 Å². The Kier molecular flexibility index (Phi) is 4.01. The molecule has 1 rings (SSSR count). The molecule has 0 saturated heterocycles. The lowest BCUT2D eigenvalue weighted by Gasteiger charge is -2.07. The Bertz CT molecular complexity index is 488. The van der Waals surface area contributed by atoms with E-state index in [0.29, 0.717) is 5.56 Å². The minimum atomic E-state index is -3.45. The number of hydrogen-bond donors (Lipinski definition) is 2. The summed E-state index contributed by atoms with van der Waals surface area (Å²) in [6.07, 6.45) is 0. The van der Waals surface area contributed by atoms with Crippen LogP contribution in [0.3, 0.4) is 0 Å². The van der Waals surface area contributed by atoms with E-state index in [0.717, 1.165) is 0 Å². The lowest BCUT2D eigenvalue weighted by Crippen LogP contribution is -2.18. The van der Waals surface area contributed by atoms with E-state index in [1.807, 2.05) is 6.07 Å². The lowest BCUT2D eigenvalue weighted by molar-refractivity contribution is 0.286. The van der Waals surface area contributed by atoms with E-state index in [9.17, 15) is 8.42 Å². The normalized spacial score (nSPS) is 13.1. The molecule has 1 atom stereocenters. The van der Waals surface area contributed by atoms with Crippen LogP contribution < -0.4 is 4.72 Å². The maximum Gasteiger partial charge on any atom is 0.240 e. The Morgan fingerprint density at radius 1 is 1.44 bits per heavy atom. The van der Waals surface area contributed by atoms with E-state index in [-0.39, 0.29) is 11.5 Å². The standard InChI is InChI=1S/C10H12N2O3S/c1-12-16(14,15)10-4-2-8(3-5-10)9(6-11)7-13/h2-5,9,12-13H,7H2,1H3. The molecule has 5 nitrogen and oxygen atoms in total. The maximum atomic E-state index is 11.4. The number of nitrogens with zero attached hydrogens (tertiary/aromatic N) is 1. The molecule has 0 radical (unpaired) electrons. The Morgan fingerprint density at radius 2 is 2.00 bits per heavy atom. The summed E-state index contributed by atoms with van der Waals surface area (Å²) in [5.74, 6) is -0.619.